The lowest BCUT2D eigenvalue weighted by atomic mass is 10.1. The smallest absolute Gasteiger partial charge is 0.451 e. The van der Waals surface area contributed by atoms with Crippen molar-refractivity contribution in [3.63, 3.8) is 0 Å². The Hall–Kier alpha value is -2.15. The predicted octanol–water partition coefficient (Wildman–Crippen LogP) is 3.60. The van der Waals surface area contributed by atoms with Gasteiger partial charge in [0.2, 0.25) is 5.82 Å². The monoisotopic (exact) mass is 316 g/mol. The van der Waals surface area contributed by atoms with E-state index in [9.17, 15) is 18.0 Å². The van der Waals surface area contributed by atoms with Crippen molar-refractivity contribution in [3.05, 3.63) is 47.0 Å². The quantitative estimate of drug-likeness (QED) is 0.794. The highest BCUT2D eigenvalue weighted by Crippen LogP contribution is 2.32. The second kappa shape index (κ2) is 5.69. The van der Waals surface area contributed by atoms with Gasteiger partial charge in [-0.1, -0.05) is 29.8 Å². The maximum absolute atomic E-state index is 12.6. The van der Waals surface area contributed by atoms with E-state index in [-0.39, 0.29) is 10.6 Å². The fourth-order valence-corrected chi connectivity index (χ4v) is 1.88. The summed E-state index contributed by atoms with van der Waals surface area (Å²) in [5, 5.41) is 0.256. The van der Waals surface area contributed by atoms with Gasteiger partial charge in [-0.3, -0.25) is 0 Å². The molecule has 1 aromatic heterocycles. The summed E-state index contributed by atoms with van der Waals surface area (Å²) in [5.74, 6) is -2.42. The summed E-state index contributed by atoms with van der Waals surface area (Å²) in [6, 6.07) is 6.35. The molecule has 0 fully saturated rings. The summed E-state index contributed by atoms with van der Waals surface area (Å²) < 4.78 is 42.4. The van der Waals surface area contributed by atoms with Crippen LogP contribution in [-0.2, 0) is 10.9 Å². The van der Waals surface area contributed by atoms with Gasteiger partial charge in [-0.2, -0.15) is 13.2 Å². The minimum Gasteiger partial charge on any atom is -0.464 e. The second-order valence-corrected chi connectivity index (χ2v) is 4.33. The van der Waals surface area contributed by atoms with Crippen LogP contribution in [0.15, 0.2) is 30.5 Å². The number of alkyl halides is 3. The van der Waals surface area contributed by atoms with E-state index in [2.05, 4.69) is 14.7 Å². The normalized spacial score (nSPS) is 11.3. The standard InChI is InChI=1S/C13H8ClF3N2O2/c1-21-11(20)10-8(7-4-2-3-5-9(7)14)6-18-12(19-10)13(15,16)17/h2-6H,1H3. The number of rotatable bonds is 2. The number of methoxy groups -OCH3 is 1. The van der Waals surface area contributed by atoms with Gasteiger partial charge < -0.3 is 4.74 Å². The molecule has 0 aliphatic rings. The zero-order valence-corrected chi connectivity index (χ0v) is 11.4. The summed E-state index contributed by atoms with van der Waals surface area (Å²) in [5.41, 5.74) is -0.0818. The first kappa shape index (κ1) is 15.2. The zero-order chi connectivity index (χ0) is 15.6. The molecular formula is C13H8ClF3N2O2. The van der Waals surface area contributed by atoms with Crippen molar-refractivity contribution in [2.45, 2.75) is 6.18 Å². The highest BCUT2D eigenvalue weighted by Gasteiger charge is 2.36. The highest BCUT2D eigenvalue weighted by molar-refractivity contribution is 6.33. The maximum Gasteiger partial charge on any atom is 0.451 e. The van der Waals surface area contributed by atoms with E-state index in [1.54, 1.807) is 18.2 Å². The lowest BCUT2D eigenvalue weighted by molar-refractivity contribution is -0.145. The molecule has 0 aliphatic heterocycles. The molecule has 21 heavy (non-hydrogen) atoms. The number of aromatic nitrogens is 2. The number of carbonyl (C=O) groups excluding carboxylic acids is 1. The molecule has 8 heteroatoms. The molecule has 0 unspecified atom stereocenters. The molecule has 0 saturated heterocycles. The molecule has 1 heterocycles. The predicted molar refractivity (Wildman–Crippen MR) is 68.8 cm³/mol. The topological polar surface area (TPSA) is 52.1 Å². The molecule has 110 valence electrons. The Kier molecular flexibility index (Phi) is 4.13. The van der Waals surface area contributed by atoms with Crippen LogP contribution in [0.3, 0.4) is 0 Å². The number of hydrogen-bond donors (Lipinski definition) is 0. The van der Waals surface area contributed by atoms with Crippen molar-refractivity contribution < 1.29 is 22.7 Å². The Morgan fingerprint density at radius 3 is 2.48 bits per heavy atom. The Balaban J connectivity index is 2.67. The molecule has 4 nitrogen and oxygen atoms in total. The van der Waals surface area contributed by atoms with E-state index in [0.717, 1.165) is 13.3 Å². The van der Waals surface area contributed by atoms with E-state index >= 15 is 0 Å². The van der Waals surface area contributed by atoms with Crippen LogP contribution < -0.4 is 0 Å². The molecular weight excluding hydrogens is 309 g/mol. The van der Waals surface area contributed by atoms with Crippen LogP contribution in [0.1, 0.15) is 16.3 Å². The fraction of sp³-hybridized carbons (Fsp3) is 0.154. The van der Waals surface area contributed by atoms with Crippen LogP contribution >= 0.6 is 11.6 Å². The van der Waals surface area contributed by atoms with Crippen molar-refractivity contribution in [2.75, 3.05) is 7.11 Å². The van der Waals surface area contributed by atoms with E-state index in [4.69, 9.17) is 11.6 Å². The molecule has 0 bridgehead atoms. The van der Waals surface area contributed by atoms with Gasteiger partial charge in [-0.25, -0.2) is 14.8 Å². The third kappa shape index (κ3) is 3.13. The molecule has 0 N–H and O–H groups in total. The van der Waals surface area contributed by atoms with E-state index < -0.39 is 23.7 Å². The fourth-order valence-electron chi connectivity index (χ4n) is 1.65. The number of esters is 1. The molecule has 0 radical (unpaired) electrons. The van der Waals surface area contributed by atoms with Crippen LogP contribution in [0.2, 0.25) is 5.02 Å². The molecule has 0 spiro atoms. The lowest BCUT2D eigenvalue weighted by Crippen LogP contribution is -2.16. The van der Waals surface area contributed by atoms with Gasteiger partial charge in [0.1, 0.15) is 0 Å². The average Bonchev–Trinajstić information content (AvgIpc) is 2.45. The third-order valence-corrected chi connectivity index (χ3v) is 2.91. The Labute approximate surface area is 122 Å². The first-order valence-electron chi connectivity index (χ1n) is 5.62. The van der Waals surface area contributed by atoms with Crippen LogP contribution in [0.25, 0.3) is 11.1 Å². The van der Waals surface area contributed by atoms with Crippen molar-refractivity contribution >= 4 is 17.6 Å². The summed E-state index contributed by atoms with van der Waals surface area (Å²) in [4.78, 5) is 18.2. The van der Waals surface area contributed by atoms with Crippen molar-refractivity contribution in [2.24, 2.45) is 0 Å². The largest absolute Gasteiger partial charge is 0.464 e. The molecule has 1 aromatic carbocycles. The molecule has 0 amide bonds. The lowest BCUT2D eigenvalue weighted by Gasteiger charge is -2.11. The first-order valence-corrected chi connectivity index (χ1v) is 6.00. The van der Waals surface area contributed by atoms with Crippen LogP contribution in [0, 0.1) is 0 Å². The van der Waals surface area contributed by atoms with Gasteiger partial charge in [-0.05, 0) is 6.07 Å². The minimum atomic E-state index is -4.76. The van der Waals surface area contributed by atoms with E-state index in [1.807, 2.05) is 0 Å². The second-order valence-electron chi connectivity index (χ2n) is 3.93. The van der Waals surface area contributed by atoms with E-state index in [1.165, 1.54) is 6.07 Å². The zero-order valence-electron chi connectivity index (χ0n) is 10.6. The number of carbonyl (C=O) groups is 1. The number of halogens is 4. The SMILES string of the molecule is COC(=O)c1nc(C(F)(F)F)ncc1-c1ccccc1Cl. The van der Waals surface area contributed by atoms with Crippen molar-refractivity contribution in [1.29, 1.82) is 0 Å². The summed E-state index contributed by atoms with van der Waals surface area (Å²) in [6.45, 7) is 0. The molecule has 0 saturated carbocycles. The van der Waals surface area contributed by atoms with Gasteiger partial charge >= 0.3 is 12.1 Å². The Bertz CT molecular complexity index is 689. The van der Waals surface area contributed by atoms with Crippen LogP contribution in [0.4, 0.5) is 13.2 Å². The third-order valence-electron chi connectivity index (χ3n) is 2.59. The molecule has 0 atom stereocenters. The summed E-state index contributed by atoms with van der Waals surface area (Å²) >= 11 is 5.98. The number of ether oxygens (including phenoxy) is 1. The summed E-state index contributed by atoms with van der Waals surface area (Å²) in [7, 11) is 1.05. The molecule has 2 aromatic rings. The van der Waals surface area contributed by atoms with Gasteiger partial charge in [0.05, 0.1) is 7.11 Å². The van der Waals surface area contributed by atoms with Gasteiger partial charge in [0.25, 0.3) is 0 Å². The average molecular weight is 317 g/mol. The first-order chi connectivity index (χ1) is 9.84. The summed E-state index contributed by atoms with van der Waals surface area (Å²) in [6.07, 6.45) is -3.86. The highest BCUT2D eigenvalue weighted by atomic mass is 35.5. The van der Waals surface area contributed by atoms with Gasteiger partial charge in [0, 0.05) is 22.3 Å². The van der Waals surface area contributed by atoms with Gasteiger partial charge in [0.15, 0.2) is 5.69 Å². The molecule has 0 aliphatic carbocycles. The Morgan fingerprint density at radius 1 is 1.24 bits per heavy atom. The maximum atomic E-state index is 12.6. The number of hydrogen-bond acceptors (Lipinski definition) is 4. The van der Waals surface area contributed by atoms with Crippen molar-refractivity contribution in [1.82, 2.24) is 9.97 Å². The number of nitrogens with zero attached hydrogens (tertiary/aromatic N) is 2. The van der Waals surface area contributed by atoms with Gasteiger partial charge in [-0.15, -0.1) is 0 Å². The minimum absolute atomic E-state index is 0.0699. The molecule has 2 rings (SSSR count). The van der Waals surface area contributed by atoms with Crippen LogP contribution in [0.5, 0.6) is 0 Å². The van der Waals surface area contributed by atoms with Crippen molar-refractivity contribution in [3.8, 4) is 11.1 Å². The number of benzene rings is 1. The van der Waals surface area contributed by atoms with E-state index in [0.29, 0.717) is 5.56 Å². The Morgan fingerprint density at radius 2 is 1.90 bits per heavy atom. The van der Waals surface area contributed by atoms with Crippen LogP contribution in [-0.4, -0.2) is 23.0 Å².